The first kappa shape index (κ1) is 13.3. The van der Waals surface area contributed by atoms with Crippen LogP contribution in [0, 0.1) is 0 Å². The molecule has 20 heavy (non-hydrogen) atoms. The first-order valence-corrected chi connectivity index (χ1v) is 7.31. The Bertz CT molecular complexity index is 610. The van der Waals surface area contributed by atoms with E-state index in [2.05, 4.69) is 41.1 Å². The van der Waals surface area contributed by atoms with E-state index in [4.69, 9.17) is 17.3 Å². The largest absolute Gasteiger partial charge is 0.382 e. The van der Waals surface area contributed by atoms with Gasteiger partial charge in [-0.15, -0.1) is 0 Å². The Balaban J connectivity index is 1.87. The summed E-state index contributed by atoms with van der Waals surface area (Å²) in [4.78, 5) is 6.56. The Morgan fingerprint density at radius 2 is 2.00 bits per heavy atom. The molecule has 0 saturated carbocycles. The maximum absolute atomic E-state index is 6.02. The monoisotopic (exact) mass is 287 g/mol. The molecule has 2 aromatic rings. The third kappa shape index (κ3) is 2.46. The lowest BCUT2D eigenvalue weighted by molar-refractivity contribution is 0.735. The van der Waals surface area contributed by atoms with Crippen LogP contribution in [0.25, 0.3) is 11.1 Å². The lowest BCUT2D eigenvalue weighted by Gasteiger charge is -2.23. The third-order valence-electron chi connectivity index (χ3n) is 3.95. The first-order chi connectivity index (χ1) is 9.65. The molecule has 3 nitrogen and oxygen atoms in total. The van der Waals surface area contributed by atoms with Crippen LogP contribution in [0.3, 0.4) is 0 Å². The van der Waals surface area contributed by atoms with Crippen LogP contribution in [-0.4, -0.2) is 17.6 Å². The van der Waals surface area contributed by atoms with Gasteiger partial charge in [0.15, 0.2) is 0 Å². The number of rotatable bonds is 2. The Morgan fingerprint density at radius 3 is 2.60 bits per heavy atom. The number of hydrogen-bond donors (Lipinski definition) is 1. The highest BCUT2D eigenvalue weighted by atomic mass is 35.5. The lowest BCUT2D eigenvalue weighted by atomic mass is 10.1. The second kappa shape index (κ2) is 5.33. The molecule has 1 aliphatic rings. The zero-order chi connectivity index (χ0) is 14.1. The van der Waals surface area contributed by atoms with Crippen molar-refractivity contribution >= 4 is 23.1 Å². The summed E-state index contributed by atoms with van der Waals surface area (Å²) in [6.45, 7) is 3.43. The van der Waals surface area contributed by atoms with E-state index in [0.717, 1.165) is 17.7 Å². The Kier molecular flexibility index (Phi) is 3.53. The van der Waals surface area contributed by atoms with E-state index >= 15 is 0 Å². The minimum absolute atomic E-state index is 0.373. The first-order valence-electron chi connectivity index (χ1n) is 6.93. The van der Waals surface area contributed by atoms with Gasteiger partial charge >= 0.3 is 0 Å². The highest BCUT2D eigenvalue weighted by Crippen LogP contribution is 2.29. The molecule has 0 aliphatic carbocycles. The Hall–Kier alpha value is -1.74. The van der Waals surface area contributed by atoms with Gasteiger partial charge in [-0.25, -0.2) is 4.98 Å². The van der Waals surface area contributed by atoms with Gasteiger partial charge in [-0.1, -0.05) is 23.7 Å². The van der Waals surface area contributed by atoms with Gasteiger partial charge in [0, 0.05) is 30.0 Å². The molecular formula is C16H18ClN3. The number of nitrogens with two attached hydrogens (primary N) is 1. The second-order valence-corrected chi connectivity index (χ2v) is 5.73. The normalized spacial score (nSPS) is 18.5. The molecular weight excluding hydrogens is 270 g/mol. The van der Waals surface area contributed by atoms with E-state index in [1.54, 1.807) is 6.20 Å². The summed E-state index contributed by atoms with van der Waals surface area (Å²) in [5.74, 6) is 0.373. The Morgan fingerprint density at radius 1 is 1.25 bits per heavy atom. The molecule has 0 spiro atoms. The second-order valence-electron chi connectivity index (χ2n) is 5.32. The number of pyridine rings is 1. The molecule has 0 bridgehead atoms. The molecule has 1 aromatic carbocycles. The molecule has 1 aromatic heterocycles. The van der Waals surface area contributed by atoms with E-state index in [1.807, 2.05) is 6.07 Å². The van der Waals surface area contributed by atoms with Crippen molar-refractivity contribution in [3.05, 3.63) is 41.6 Å². The molecule has 3 rings (SSSR count). The molecule has 0 radical (unpaired) electrons. The molecule has 2 N–H and O–H groups in total. The number of benzene rings is 1. The summed E-state index contributed by atoms with van der Waals surface area (Å²) in [6.07, 6.45) is 4.31. The molecule has 1 saturated heterocycles. The quantitative estimate of drug-likeness (QED) is 0.909. The molecule has 2 heterocycles. The SMILES string of the molecule is C[C@@H]1CCCN1c1ccc(-c2cnc(N)c(Cl)c2)cc1. The molecule has 104 valence electrons. The van der Waals surface area contributed by atoms with Gasteiger partial charge in [-0.2, -0.15) is 0 Å². The van der Waals surface area contributed by atoms with Crippen molar-refractivity contribution in [1.82, 2.24) is 4.98 Å². The van der Waals surface area contributed by atoms with Crippen molar-refractivity contribution in [2.24, 2.45) is 0 Å². The maximum atomic E-state index is 6.02. The van der Waals surface area contributed by atoms with Crippen molar-refractivity contribution in [1.29, 1.82) is 0 Å². The summed E-state index contributed by atoms with van der Waals surface area (Å²) >= 11 is 6.02. The summed E-state index contributed by atoms with van der Waals surface area (Å²) in [7, 11) is 0. The number of nitrogens with zero attached hydrogens (tertiary/aromatic N) is 2. The minimum atomic E-state index is 0.373. The van der Waals surface area contributed by atoms with Crippen LogP contribution in [0.4, 0.5) is 11.5 Å². The summed E-state index contributed by atoms with van der Waals surface area (Å²) in [5.41, 5.74) is 9.02. The van der Waals surface area contributed by atoms with Gasteiger partial charge in [-0.05, 0) is 43.5 Å². The van der Waals surface area contributed by atoms with Gasteiger partial charge in [-0.3, -0.25) is 0 Å². The number of hydrogen-bond acceptors (Lipinski definition) is 3. The van der Waals surface area contributed by atoms with Crippen molar-refractivity contribution < 1.29 is 0 Å². The van der Waals surface area contributed by atoms with E-state index < -0.39 is 0 Å². The number of aromatic nitrogens is 1. The zero-order valence-corrected chi connectivity index (χ0v) is 12.3. The highest BCUT2D eigenvalue weighted by molar-refractivity contribution is 6.33. The van der Waals surface area contributed by atoms with E-state index in [9.17, 15) is 0 Å². The van der Waals surface area contributed by atoms with Crippen LogP contribution in [-0.2, 0) is 0 Å². The van der Waals surface area contributed by atoms with Gasteiger partial charge in [0.05, 0.1) is 5.02 Å². The molecule has 1 atom stereocenters. The average Bonchev–Trinajstić information content (AvgIpc) is 2.88. The molecule has 1 aliphatic heterocycles. The zero-order valence-electron chi connectivity index (χ0n) is 11.5. The smallest absolute Gasteiger partial charge is 0.142 e. The number of halogens is 1. The third-order valence-corrected chi connectivity index (χ3v) is 4.26. The van der Waals surface area contributed by atoms with Crippen LogP contribution in [0.2, 0.25) is 5.02 Å². The van der Waals surface area contributed by atoms with Crippen LogP contribution < -0.4 is 10.6 Å². The fourth-order valence-electron chi connectivity index (χ4n) is 2.77. The standard InChI is InChI=1S/C16H18ClN3/c1-11-3-2-8-20(11)14-6-4-12(5-7-14)13-9-15(17)16(18)19-10-13/h4-7,9-11H,2-3,8H2,1H3,(H2,18,19)/t11-/m1/s1. The topological polar surface area (TPSA) is 42.2 Å². The predicted molar refractivity (Wildman–Crippen MR) is 85.1 cm³/mol. The van der Waals surface area contributed by atoms with Gasteiger partial charge in [0.2, 0.25) is 0 Å². The van der Waals surface area contributed by atoms with Gasteiger partial charge in [0.25, 0.3) is 0 Å². The number of anilines is 2. The average molecular weight is 288 g/mol. The Labute approximate surface area is 124 Å². The van der Waals surface area contributed by atoms with E-state index in [-0.39, 0.29) is 0 Å². The summed E-state index contributed by atoms with van der Waals surface area (Å²) in [6, 6.07) is 11.1. The van der Waals surface area contributed by atoms with Crippen LogP contribution >= 0.6 is 11.6 Å². The summed E-state index contributed by atoms with van der Waals surface area (Å²) in [5, 5.41) is 0.500. The maximum Gasteiger partial charge on any atom is 0.142 e. The van der Waals surface area contributed by atoms with Gasteiger partial charge < -0.3 is 10.6 Å². The molecule has 0 amide bonds. The fourth-order valence-corrected chi connectivity index (χ4v) is 2.93. The van der Waals surface area contributed by atoms with Crippen molar-refractivity contribution in [3.8, 4) is 11.1 Å². The van der Waals surface area contributed by atoms with Crippen LogP contribution in [0.1, 0.15) is 19.8 Å². The lowest BCUT2D eigenvalue weighted by Crippen LogP contribution is -2.25. The fraction of sp³-hybridized carbons (Fsp3) is 0.312. The van der Waals surface area contributed by atoms with Crippen LogP contribution in [0.5, 0.6) is 0 Å². The molecule has 0 unspecified atom stereocenters. The summed E-state index contributed by atoms with van der Waals surface area (Å²) < 4.78 is 0. The van der Waals surface area contributed by atoms with E-state index in [0.29, 0.717) is 16.9 Å². The highest BCUT2D eigenvalue weighted by Gasteiger charge is 2.20. The van der Waals surface area contributed by atoms with Crippen molar-refractivity contribution in [3.63, 3.8) is 0 Å². The molecule has 4 heteroatoms. The number of nitrogen functional groups attached to an aromatic ring is 1. The van der Waals surface area contributed by atoms with Crippen LogP contribution in [0.15, 0.2) is 36.5 Å². The van der Waals surface area contributed by atoms with E-state index in [1.165, 1.54) is 18.5 Å². The van der Waals surface area contributed by atoms with Gasteiger partial charge in [0.1, 0.15) is 5.82 Å². The minimum Gasteiger partial charge on any atom is -0.382 e. The van der Waals surface area contributed by atoms with Crippen molar-refractivity contribution in [2.45, 2.75) is 25.8 Å². The van der Waals surface area contributed by atoms with Crippen molar-refractivity contribution in [2.75, 3.05) is 17.2 Å². The molecule has 1 fully saturated rings. The predicted octanol–water partition coefficient (Wildman–Crippen LogP) is 3.97.